The Morgan fingerprint density at radius 2 is 1.60 bits per heavy atom. The van der Waals surface area contributed by atoms with Crippen molar-refractivity contribution in [3.05, 3.63) is 0 Å². The molecule has 4 N–H and O–H groups in total. The van der Waals surface area contributed by atoms with Gasteiger partial charge in [-0.3, -0.25) is 0 Å². The Morgan fingerprint density at radius 1 is 1.20 bits per heavy atom. The molecule has 62 valence electrons. The molecule has 0 saturated heterocycles. The van der Waals surface area contributed by atoms with Crippen LogP contribution in [0.1, 0.15) is 27.2 Å². The van der Waals surface area contributed by atoms with Gasteiger partial charge in [0.05, 0.1) is 5.60 Å². The number of aliphatic hydroxyl groups is 2. The Balaban J connectivity index is 3.89. The van der Waals surface area contributed by atoms with Gasteiger partial charge in [0, 0.05) is 6.42 Å². The largest absolute Gasteiger partial charge is 0.390 e. The molecule has 0 aliphatic heterocycles. The molecule has 0 amide bonds. The zero-order valence-electron chi connectivity index (χ0n) is 6.55. The average molecular weight is 149 g/mol. The topological polar surface area (TPSA) is 72.7 Å². The molecule has 0 aromatic heterocycles. The molecule has 0 heterocycles. The molecule has 0 aliphatic carbocycles. The molecule has 10 heavy (non-hydrogen) atoms. The maximum Gasteiger partial charge on any atom is 0.137 e. The van der Waals surface area contributed by atoms with Crippen molar-refractivity contribution in [1.29, 1.82) is 0 Å². The molecule has 0 spiro atoms. The smallest absolute Gasteiger partial charge is 0.137 e. The van der Waals surface area contributed by atoms with Crippen LogP contribution in [0.2, 0.25) is 0 Å². The lowest BCUT2D eigenvalue weighted by Gasteiger charge is -2.28. The molecule has 4 nitrogen and oxygen atoms in total. The van der Waals surface area contributed by atoms with E-state index in [1.54, 1.807) is 19.3 Å². The monoisotopic (exact) mass is 149 g/mol. The molecule has 4 heteroatoms. The third-order valence-corrected chi connectivity index (χ3v) is 1.02. The number of rotatable bonds is 3. The highest BCUT2D eigenvalue weighted by molar-refractivity contribution is 4.76. The van der Waals surface area contributed by atoms with E-state index >= 15 is 0 Å². The average Bonchev–Trinajstić information content (AvgIpc) is 1.60. The second kappa shape index (κ2) is 2.84. The first-order valence-electron chi connectivity index (χ1n) is 3.13. The first-order chi connectivity index (χ1) is 4.27. The molecule has 0 aliphatic rings. The minimum Gasteiger partial charge on any atom is -0.390 e. The molecule has 1 unspecified atom stereocenters. The van der Waals surface area contributed by atoms with Crippen LogP contribution >= 0.6 is 0 Å². The maximum atomic E-state index is 9.17. The summed E-state index contributed by atoms with van der Waals surface area (Å²) in [6.45, 7) is 4.49. The highest BCUT2D eigenvalue weighted by Crippen LogP contribution is 2.16. The molecule has 0 rings (SSSR count). The van der Waals surface area contributed by atoms with Gasteiger partial charge in [0.2, 0.25) is 0 Å². The zero-order valence-corrected chi connectivity index (χ0v) is 6.55. The molecular weight excluding hydrogens is 134 g/mol. The Kier molecular flexibility index (Phi) is 2.79. The van der Waals surface area contributed by atoms with Gasteiger partial charge in [-0.05, 0) is 20.8 Å². The summed E-state index contributed by atoms with van der Waals surface area (Å²) in [5.41, 5.74) is -0.712. The van der Waals surface area contributed by atoms with Gasteiger partial charge in [0.15, 0.2) is 0 Å². The first kappa shape index (κ1) is 9.84. The normalized spacial score (nSPS) is 18.6. The van der Waals surface area contributed by atoms with Crippen LogP contribution < -0.4 is 5.48 Å². The van der Waals surface area contributed by atoms with Crippen LogP contribution in [0.25, 0.3) is 0 Å². The Hall–Kier alpha value is -0.160. The maximum absolute atomic E-state index is 9.17. The van der Waals surface area contributed by atoms with Crippen molar-refractivity contribution in [2.45, 2.75) is 38.5 Å². The van der Waals surface area contributed by atoms with Gasteiger partial charge in [0.1, 0.15) is 5.72 Å². The van der Waals surface area contributed by atoms with Gasteiger partial charge < -0.3 is 15.4 Å². The van der Waals surface area contributed by atoms with Crippen LogP contribution in [0.5, 0.6) is 0 Å². The lowest BCUT2D eigenvalue weighted by atomic mass is 9.98. The minimum absolute atomic E-state index is 0.0660. The van der Waals surface area contributed by atoms with E-state index in [1.807, 2.05) is 0 Å². The van der Waals surface area contributed by atoms with Gasteiger partial charge in [-0.15, -0.1) is 0 Å². The van der Waals surface area contributed by atoms with Crippen molar-refractivity contribution in [3.8, 4) is 0 Å². The van der Waals surface area contributed by atoms with Gasteiger partial charge in [-0.25, -0.2) is 0 Å². The summed E-state index contributed by atoms with van der Waals surface area (Å²) in [4.78, 5) is 0. The Labute approximate surface area is 60.5 Å². The third kappa shape index (κ3) is 4.69. The second-order valence-corrected chi connectivity index (χ2v) is 3.37. The summed E-state index contributed by atoms with van der Waals surface area (Å²) < 4.78 is 0. The van der Waals surface area contributed by atoms with E-state index in [0.29, 0.717) is 0 Å². The van der Waals surface area contributed by atoms with Crippen LogP contribution in [0.3, 0.4) is 0 Å². The summed E-state index contributed by atoms with van der Waals surface area (Å²) in [6, 6.07) is 0. The highest BCUT2D eigenvalue weighted by Gasteiger charge is 2.27. The van der Waals surface area contributed by atoms with Crippen LogP contribution in [0.15, 0.2) is 0 Å². The van der Waals surface area contributed by atoms with Gasteiger partial charge >= 0.3 is 0 Å². The van der Waals surface area contributed by atoms with Gasteiger partial charge in [-0.1, -0.05) is 0 Å². The predicted molar refractivity (Wildman–Crippen MR) is 36.5 cm³/mol. The summed E-state index contributed by atoms with van der Waals surface area (Å²) in [5.74, 6) is 0. The molecule has 0 aromatic rings. The molecular formula is C6H15NO3. The van der Waals surface area contributed by atoms with Gasteiger partial charge in [0.25, 0.3) is 0 Å². The fourth-order valence-corrected chi connectivity index (χ4v) is 0.882. The third-order valence-electron chi connectivity index (χ3n) is 1.02. The number of hydrogen-bond acceptors (Lipinski definition) is 4. The van der Waals surface area contributed by atoms with E-state index in [1.165, 1.54) is 6.92 Å². The van der Waals surface area contributed by atoms with E-state index in [4.69, 9.17) is 10.3 Å². The van der Waals surface area contributed by atoms with Crippen molar-refractivity contribution in [2.75, 3.05) is 0 Å². The zero-order chi connectivity index (χ0) is 8.41. The molecule has 0 aromatic carbocycles. The van der Waals surface area contributed by atoms with Crippen molar-refractivity contribution in [2.24, 2.45) is 0 Å². The number of nitrogens with one attached hydrogen (secondary N) is 1. The van der Waals surface area contributed by atoms with Crippen LogP contribution in [0.4, 0.5) is 0 Å². The summed E-state index contributed by atoms with van der Waals surface area (Å²) in [7, 11) is 0. The van der Waals surface area contributed by atoms with Crippen LogP contribution in [-0.4, -0.2) is 26.7 Å². The molecule has 0 saturated carbocycles. The minimum atomic E-state index is -1.42. The lowest BCUT2D eigenvalue weighted by Crippen LogP contribution is -2.45. The van der Waals surface area contributed by atoms with Crippen molar-refractivity contribution < 1.29 is 15.4 Å². The van der Waals surface area contributed by atoms with E-state index in [9.17, 15) is 5.11 Å². The van der Waals surface area contributed by atoms with Crippen LogP contribution in [0, 0.1) is 0 Å². The van der Waals surface area contributed by atoms with Crippen molar-refractivity contribution in [3.63, 3.8) is 0 Å². The first-order valence-corrected chi connectivity index (χ1v) is 3.13. The van der Waals surface area contributed by atoms with Crippen molar-refractivity contribution in [1.82, 2.24) is 5.48 Å². The Morgan fingerprint density at radius 3 is 1.70 bits per heavy atom. The molecule has 0 bridgehead atoms. The standard InChI is InChI=1S/C6H15NO3/c1-5(2,8)4-6(3,9)7-10/h7-10H,4H2,1-3H3. The molecule has 0 fully saturated rings. The summed E-state index contributed by atoms with van der Waals surface area (Å²) >= 11 is 0. The van der Waals surface area contributed by atoms with E-state index in [-0.39, 0.29) is 6.42 Å². The van der Waals surface area contributed by atoms with E-state index in [0.717, 1.165) is 0 Å². The Bertz CT molecular complexity index is 106. The van der Waals surface area contributed by atoms with Gasteiger partial charge in [-0.2, -0.15) is 5.48 Å². The molecule has 0 radical (unpaired) electrons. The number of hydrogen-bond donors (Lipinski definition) is 4. The van der Waals surface area contributed by atoms with Crippen LogP contribution in [-0.2, 0) is 0 Å². The fraction of sp³-hybridized carbons (Fsp3) is 1.00. The quantitative estimate of drug-likeness (QED) is 0.332. The van der Waals surface area contributed by atoms with Crippen molar-refractivity contribution >= 4 is 0 Å². The molecule has 1 atom stereocenters. The fourth-order valence-electron chi connectivity index (χ4n) is 0.882. The summed E-state index contributed by atoms with van der Waals surface area (Å²) in [6.07, 6.45) is 0.0660. The van der Waals surface area contributed by atoms with E-state index < -0.39 is 11.3 Å². The SMILES string of the molecule is CC(C)(O)CC(C)(O)NO. The lowest BCUT2D eigenvalue weighted by molar-refractivity contribution is -0.120. The number of hydroxylamine groups is 1. The highest BCUT2D eigenvalue weighted by atomic mass is 16.5. The second-order valence-electron chi connectivity index (χ2n) is 3.37. The van der Waals surface area contributed by atoms with E-state index in [2.05, 4.69) is 0 Å². The predicted octanol–water partition coefficient (Wildman–Crippen LogP) is -0.165. The summed E-state index contributed by atoms with van der Waals surface area (Å²) in [5, 5.41) is 26.7.